The molecule has 0 aliphatic heterocycles. The van der Waals surface area contributed by atoms with E-state index in [0.717, 1.165) is 39.2 Å². The highest BCUT2D eigenvalue weighted by atomic mass is 16.1. The highest BCUT2D eigenvalue weighted by Gasteiger charge is 2.13. The Morgan fingerprint density at radius 2 is 1.69 bits per heavy atom. The lowest BCUT2D eigenvalue weighted by Gasteiger charge is -2.12. The number of amides is 1. The van der Waals surface area contributed by atoms with Crippen LogP contribution >= 0.6 is 0 Å². The Labute approximate surface area is 170 Å². The number of fused-ring (bicyclic) bond motifs is 1. The van der Waals surface area contributed by atoms with E-state index in [-0.39, 0.29) is 12.5 Å². The Hall–Kier alpha value is -3.66. The number of benzene rings is 3. The molecule has 0 fully saturated rings. The highest BCUT2D eigenvalue weighted by Crippen LogP contribution is 2.20. The summed E-state index contributed by atoms with van der Waals surface area (Å²) in [6.45, 7) is 4.26. The first-order valence-corrected chi connectivity index (χ1v) is 9.66. The summed E-state index contributed by atoms with van der Waals surface area (Å²) in [5.41, 5.74) is 5.99. The second-order valence-corrected chi connectivity index (χ2v) is 7.08. The van der Waals surface area contributed by atoms with Gasteiger partial charge in [0.2, 0.25) is 5.91 Å². The summed E-state index contributed by atoms with van der Waals surface area (Å²) in [5.74, 6) is 0.683. The number of nitrogens with one attached hydrogen (secondary N) is 1. The molecule has 0 saturated carbocycles. The van der Waals surface area contributed by atoms with Crippen molar-refractivity contribution in [2.24, 2.45) is 0 Å². The zero-order chi connectivity index (χ0) is 20.2. The quantitative estimate of drug-likeness (QED) is 0.499. The van der Waals surface area contributed by atoms with Gasteiger partial charge >= 0.3 is 0 Å². The smallest absolute Gasteiger partial charge is 0.244 e. The van der Waals surface area contributed by atoms with Gasteiger partial charge in [-0.3, -0.25) is 4.79 Å². The molecule has 1 aromatic heterocycles. The van der Waals surface area contributed by atoms with E-state index in [0.29, 0.717) is 0 Å². The van der Waals surface area contributed by atoms with Gasteiger partial charge in [-0.15, -0.1) is 0 Å². The number of carbonyl (C=O) groups excluding carboxylic acids is 1. The number of para-hydroxylation sites is 2. The van der Waals surface area contributed by atoms with Gasteiger partial charge in [0.05, 0.1) is 11.0 Å². The van der Waals surface area contributed by atoms with Crippen LogP contribution in [0.3, 0.4) is 0 Å². The summed E-state index contributed by atoms with van der Waals surface area (Å²) in [4.78, 5) is 17.5. The van der Waals surface area contributed by atoms with Crippen LogP contribution in [-0.2, 0) is 11.3 Å². The molecule has 3 aromatic carbocycles. The first-order valence-electron chi connectivity index (χ1n) is 9.66. The molecule has 0 bridgehead atoms. The summed E-state index contributed by atoms with van der Waals surface area (Å²) in [6.07, 6.45) is 3.97. The van der Waals surface area contributed by atoms with E-state index in [4.69, 9.17) is 4.98 Å². The van der Waals surface area contributed by atoms with Gasteiger partial charge in [0.1, 0.15) is 12.4 Å². The number of aromatic nitrogens is 2. The van der Waals surface area contributed by atoms with Crippen molar-refractivity contribution in [3.05, 3.63) is 95.3 Å². The van der Waals surface area contributed by atoms with Crippen LogP contribution in [0.2, 0.25) is 0 Å². The molecule has 4 rings (SSSR count). The lowest BCUT2D eigenvalue weighted by atomic mass is 10.1. The third-order valence-electron chi connectivity index (χ3n) is 5.09. The number of rotatable bonds is 5. The molecule has 0 atom stereocenters. The van der Waals surface area contributed by atoms with Crippen molar-refractivity contribution in [3.63, 3.8) is 0 Å². The Morgan fingerprint density at radius 1 is 0.931 bits per heavy atom. The van der Waals surface area contributed by atoms with E-state index in [1.807, 2.05) is 103 Å². The third-order valence-corrected chi connectivity index (χ3v) is 5.09. The molecule has 0 saturated heterocycles. The van der Waals surface area contributed by atoms with Crippen molar-refractivity contribution in [1.82, 2.24) is 9.55 Å². The average molecular weight is 381 g/mol. The molecule has 0 spiro atoms. The van der Waals surface area contributed by atoms with Gasteiger partial charge in [-0.25, -0.2) is 4.98 Å². The van der Waals surface area contributed by atoms with Crippen molar-refractivity contribution < 1.29 is 4.79 Å². The van der Waals surface area contributed by atoms with Crippen LogP contribution in [0.1, 0.15) is 22.5 Å². The fourth-order valence-corrected chi connectivity index (χ4v) is 3.34. The molecule has 4 heteroatoms. The number of carbonyl (C=O) groups is 1. The minimum absolute atomic E-state index is 0.0729. The standard InChI is InChI=1S/C25H23N3O/c1-18-9-8-13-21(19(18)2)27-25(29)17-28-23-14-7-6-12-22(23)26-24(28)16-15-20-10-4-3-5-11-20/h3-16H,17H2,1-2H3,(H,27,29)/b16-15+. The summed E-state index contributed by atoms with van der Waals surface area (Å²) in [6, 6.07) is 23.9. The number of imidazole rings is 1. The van der Waals surface area contributed by atoms with Crippen molar-refractivity contribution in [3.8, 4) is 0 Å². The topological polar surface area (TPSA) is 46.9 Å². The second-order valence-electron chi connectivity index (χ2n) is 7.08. The summed E-state index contributed by atoms with van der Waals surface area (Å²) >= 11 is 0. The molecule has 0 unspecified atom stereocenters. The summed E-state index contributed by atoms with van der Waals surface area (Å²) in [5, 5.41) is 3.04. The van der Waals surface area contributed by atoms with Gasteiger partial charge in [-0.05, 0) is 54.8 Å². The minimum atomic E-state index is -0.0729. The number of nitrogens with zero attached hydrogens (tertiary/aromatic N) is 2. The highest BCUT2D eigenvalue weighted by molar-refractivity contribution is 5.93. The average Bonchev–Trinajstić information content (AvgIpc) is 3.08. The van der Waals surface area contributed by atoms with Gasteiger partial charge in [-0.2, -0.15) is 0 Å². The number of hydrogen-bond donors (Lipinski definition) is 1. The van der Waals surface area contributed by atoms with Crippen molar-refractivity contribution in [1.29, 1.82) is 0 Å². The Morgan fingerprint density at radius 3 is 2.52 bits per heavy atom. The summed E-state index contributed by atoms with van der Waals surface area (Å²) < 4.78 is 1.95. The maximum Gasteiger partial charge on any atom is 0.244 e. The van der Waals surface area contributed by atoms with Crippen LogP contribution in [0.4, 0.5) is 5.69 Å². The van der Waals surface area contributed by atoms with Gasteiger partial charge in [0.15, 0.2) is 0 Å². The molecular weight excluding hydrogens is 358 g/mol. The molecule has 0 radical (unpaired) electrons. The van der Waals surface area contributed by atoms with Crippen molar-refractivity contribution in [2.45, 2.75) is 20.4 Å². The third kappa shape index (κ3) is 4.11. The van der Waals surface area contributed by atoms with Crippen molar-refractivity contribution in [2.75, 3.05) is 5.32 Å². The molecule has 4 aromatic rings. The van der Waals surface area contributed by atoms with Crippen LogP contribution in [0.5, 0.6) is 0 Å². The Balaban J connectivity index is 1.64. The molecule has 0 aliphatic rings. The molecule has 4 nitrogen and oxygen atoms in total. The first kappa shape index (κ1) is 18.7. The van der Waals surface area contributed by atoms with Gasteiger partial charge in [-0.1, -0.05) is 60.7 Å². The first-order chi connectivity index (χ1) is 14.1. The van der Waals surface area contributed by atoms with Crippen molar-refractivity contribution >= 4 is 34.8 Å². The normalized spacial score (nSPS) is 11.2. The fourth-order valence-electron chi connectivity index (χ4n) is 3.34. The second kappa shape index (κ2) is 8.15. The van der Waals surface area contributed by atoms with Gasteiger partial charge in [0, 0.05) is 5.69 Å². The monoisotopic (exact) mass is 381 g/mol. The molecule has 0 aliphatic carbocycles. The van der Waals surface area contributed by atoms with E-state index >= 15 is 0 Å². The maximum absolute atomic E-state index is 12.8. The molecule has 1 amide bonds. The van der Waals surface area contributed by atoms with E-state index in [1.165, 1.54) is 0 Å². The zero-order valence-electron chi connectivity index (χ0n) is 16.6. The fraction of sp³-hybridized carbons (Fsp3) is 0.120. The molecule has 1 N–H and O–H groups in total. The van der Waals surface area contributed by atoms with E-state index in [1.54, 1.807) is 0 Å². The largest absolute Gasteiger partial charge is 0.324 e. The summed E-state index contributed by atoms with van der Waals surface area (Å²) in [7, 11) is 0. The Kier molecular flexibility index (Phi) is 5.25. The maximum atomic E-state index is 12.8. The SMILES string of the molecule is Cc1cccc(NC(=O)Cn2c(/C=C/c3ccccc3)nc3ccccc32)c1C. The number of aryl methyl sites for hydroxylation is 1. The lowest BCUT2D eigenvalue weighted by Crippen LogP contribution is -2.20. The van der Waals surface area contributed by atoms with Crippen LogP contribution < -0.4 is 5.32 Å². The molecule has 29 heavy (non-hydrogen) atoms. The molecule has 1 heterocycles. The van der Waals surface area contributed by atoms with Crippen LogP contribution in [0, 0.1) is 13.8 Å². The van der Waals surface area contributed by atoms with Gasteiger partial charge in [0.25, 0.3) is 0 Å². The zero-order valence-corrected chi connectivity index (χ0v) is 16.6. The van der Waals surface area contributed by atoms with E-state index in [9.17, 15) is 4.79 Å². The van der Waals surface area contributed by atoms with Gasteiger partial charge < -0.3 is 9.88 Å². The van der Waals surface area contributed by atoms with Crippen LogP contribution in [-0.4, -0.2) is 15.5 Å². The van der Waals surface area contributed by atoms with Crippen LogP contribution in [0.25, 0.3) is 23.2 Å². The van der Waals surface area contributed by atoms with E-state index < -0.39 is 0 Å². The number of hydrogen-bond acceptors (Lipinski definition) is 2. The lowest BCUT2D eigenvalue weighted by molar-refractivity contribution is -0.116. The van der Waals surface area contributed by atoms with Crippen LogP contribution in [0.15, 0.2) is 72.8 Å². The van der Waals surface area contributed by atoms with E-state index in [2.05, 4.69) is 5.32 Å². The molecular formula is C25H23N3O. The molecule has 144 valence electrons. The number of anilines is 1. The predicted molar refractivity (Wildman–Crippen MR) is 120 cm³/mol. The Bertz CT molecular complexity index is 1190. The minimum Gasteiger partial charge on any atom is -0.324 e. The predicted octanol–water partition coefficient (Wildman–Crippen LogP) is 5.46.